The number of carbonyl (C=O) groups excluding carboxylic acids is 1. The van der Waals surface area contributed by atoms with Gasteiger partial charge in [-0.05, 0) is 18.1 Å². The van der Waals surface area contributed by atoms with Crippen LogP contribution in [0, 0.1) is 0 Å². The quantitative estimate of drug-likeness (QED) is 0.787. The minimum absolute atomic E-state index is 0.0690. The highest BCUT2D eigenvalue weighted by Crippen LogP contribution is 2.38. The summed E-state index contributed by atoms with van der Waals surface area (Å²) in [6, 6.07) is 7.85. The molecule has 1 fully saturated rings. The molecule has 2 unspecified atom stereocenters. The van der Waals surface area contributed by atoms with Gasteiger partial charge in [-0.3, -0.25) is 4.79 Å². The van der Waals surface area contributed by atoms with Crippen LogP contribution >= 0.6 is 15.9 Å². The zero-order valence-corrected chi connectivity index (χ0v) is 10.2. The standard InChI is InChI=1S/C12H13BrO2/c1-2-5-10-11(12(14)15-10)8-6-3-4-7-9(8)13/h3-4,6-7,10-11H,2,5H2,1H3. The first kappa shape index (κ1) is 10.7. The van der Waals surface area contributed by atoms with Gasteiger partial charge in [0.05, 0.1) is 0 Å². The molecular weight excluding hydrogens is 256 g/mol. The van der Waals surface area contributed by atoms with Gasteiger partial charge in [0.15, 0.2) is 0 Å². The summed E-state index contributed by atoms with van der Waals surface area (Å²) in [5, 5.41) is 0. The van der Waals surface area contributed by atoms with Crippen molar-refractivity contribution in [3.05, 3.63) is 34.3 Å². The Morgan fingerprint density at radius 2 is 2.13 bits per heavy atom. The smallest absolute Gasteiger partial charge is 0.317 e. The predicted molar refractivity (Wildman–Crippen MR) is 61.7 cm³/mol. The van der Waals surface area contributed by atoms with Gasteiger partial charge in [-0.2, -0.15) is 0 Å². The topological polar surface area (TPSA) is 26.3 Å². The van der Waals surface area contributed by atoms with Gasteiger partial charge in [-0.25, -0.2) is 0 Å². The lowest BCUT2D eigenvalue weighted by Crippen LogP contribution is -2.43. The van der Waals surface area contributed by atoms with E-state index in [1.807, 2.05) is 24.3 Å². The van der Waals surface area contributed by atoms with Crippen molar-refractivity contribution in [1.82, 2.24) is 0 Å². The molecule has 1 heterocycles. The second-order valence-corrected chi connectivity index (χ2v) is 4.62. The van der Waals surface area contributed by atoms with E-state index in [1.165, 1.54) is 0 Å². The Balaban J connectivity index is 2.22. The van der Waals surface area contributed by atoms with E-state index in [-0.39, 0.29) is 18.0 Å². The Kier molecular flexibility index (Phi) is 3.10. The van der Waals surface area contributed by atoms with Crippen LogP contribution in [0.2, 0.25) is 0 Å². The zero-order chi connectivity index (χ0) is 10.8. The summed E-state index contributed by atoms with van der Waals surface area (Å²) in [6.07, 6.45) is 2.05. The van der Waals surface area contributed by atoms with Crippen molar-refractivity contribution in [2.45, 2.75) is 31.8 Å². The number of rotatable bonds is 3. The number of ether oxygens (including phenoxy) is 1. The number of halogens is 1. The summed E-state index contributed by atoms with van der Waals surface area (Å²) in [4.78, 5) is 11.4. The molecule has 2 atom stereocenters. The summed E-state index contributed by atoms with van der Waals surface area (Å²) in [5.41, 5.74) is 1.05. The molecule has 1 aromatic carbocycles. The monoisotopic (exact) mass is 268 g/mol. The highest BCUT2D eigenvalue weighted by Gasteiger charge is 2.43. The number of benzene rings is 1. The molecule has 15 heavy (non-hydrogen) atoms. The number of hydrogen-bond acceptors (Lipinski definition) is 2. The fourth-order valence-corrected chi connectivity index (χ4v) is 2.47. The van der Waals surface area contributed by atoms with Crippen molar-refractivity contribution in [2.24, 2.45) is 0 Å². The van der Waals surface area contributed by atoms with E-state index in [1.54, 1.807) is 0 Å². The SMILES string of the molecule is CCCC1OC(=O)C1c1ccccc1Br. The molecule has 2 rings (SSSR count). The van der Waals surface area contributed by atoms with Crippen LogP contribution in [0.15, 0.2) is 28.7 Å². The maximum Gasteiger partial charge on any atom is 0.317 e. The van der Waals surface area contributed by atoms with Gasteiger partial charge in [-0.1, -0.05) is 47.5 Å². The van der Waals surface area contributed by atoms with Gasteiger partial charge < -0.3 is 4.74 Å². The van der Waals surface area contributed by atoms with Crippen molar-refractivity contribution >= 4 is 21.9 Å². The van der Waals surface area contributed by atoms with Crippen LogP contribution in [0.1, 0.15) is 31.2 Å². The van der Waals surface area contributed by atoms with E-state index in [2.05, 4.69) is 22.9 Å². The third-order valence-corrected chi connectivity index (χ3v) is 3.43. The molecule has 0 spiro atoms. The van der Waals surface area contributed by atoms with Crippen LogP contribution in [0.25, 0.3) is 0 Å². The highest BCUT2D eigenvalue weighted by molar-refractivity contribution is 9.10. The van der Waals surface area contributed by atoms with E-state index >= 15 is 0 Å². The van der Waals surface area contributed by atoms with Crippen molar-refractivity contribution in [1.29, 1.82) is 0 Å². The summed E-state index contributed by atoms with van der Waals surface area (Å²) in [5.74, 6) is -0.166. The first-order valence-corrected chi connectivity index (χ1v) is 5.98. The first-order valence-electron chi connectivity index (χ1n) is 5.19. The van der Waals surface area contributed by atoms with E-state index in [9.17, 15) is 4.79 Å². The second kappa shape index (κ2) is 4.35. The number of cyclic esters (lactones) is 1. The van der Waals surface area contributed by atoms with Crippen molar-refractivity contribution in [3.8, 4) is 0 Å². The van der Waals surface area contributed by atoms with Gasteiger partial charge in [0.25, 0.3) is 0 Å². The summed E-state index contributed by atoms with van der Waals surface area (Å²) in [6.45, 7) is 2.10. The Hall–Kier alpha value is -0.830. The molecule has 1 aliphatic heterocycles. The molecule has 1 saturated heterocycles. The lowest BCUT2D eigenvalue weighted by atomic mass is 9.87. The summed E-state index contributed by atoms with van der Waals surface area (Å²) >= 11 is 3.47. The Bertz CT molecular complexity index is 376. The molecule has 0 bridgehead atoms. The van der Waals surface area contributed by atoms with Crippen LogP contribution < -0.4 is 0 Å². The van der Waals surface area contributed by atoms with Crippen LogP contribution in [0.5, 0.6) is 0 Å². The van der Waals surface area contributed by atoms with Crippen LogP contribution in [0.4, 0.5) is 0 Å². The third kappa shape index (κ3) is 1.93. The molecule has 80 valence electrons. The molecule has 0 amide bonds. The van der Waals surface area contributed by atoms with Gasteiger partial charge >= 0.3 is 5.97 Å². The van der Waals surface area contributed by atoms with Crippen LogP contribution in [0.3, 0.4) is 0 Å². The van der Waals surface area contributed by atoms with Crippen LogP contribution in [-0.4, -0.2) is 12.1 Å². The molecule has 1 aliphatic rings. The predicted octanol–water partition coefficient (Wildman–Crippen LogP) is 3.26. The fraction of sp³-hybridized carbons (Fsp3) is 0.417. The minimum Gasteiger partial charge on any atom is -0.461 e. The van der Waals surface area contributed by atoms with E-state index in [0.717, 1.165) is 22.9 Å². The van der Waals surface area contributed by atoms with Gasteiger partial charge in [0.2, 0.25) is 0 Å². The summed E-state index contributed by atoms with van der Waals surface area (Å²) in [7, 11) is 0. The number of esters is 1. The Labute approximate surface area is 97.8 Å². The lowest BCUT2D eigenvalue weighted by molar-refractivity contribution is -0.175. The van der Waals surface area contributed by atoms with Gasteiger partial charge in [0, 0.05) is 4.47 Å². The van der Waals surface area contributed by atoms with Gasteiger partial charge in [0.1, 0.15) is 12.0 Å². The maximum atomic E-state index is 11.4. The molecule has 0 N–H and O–H groups in total. The van der Waals surface area contributed by atoms with E-state index in [0.29, 0.717) is 0 Å². The van der Waals surface area contributed by atoms with Crippen molar-refractivity contribution < 1.29 is 9.53 Å². The third-order valence-electron chi connectivity index (χ3n) is 2.71. The normalized spacial score (nSPS) is 24.5. The second-order valence-electron chi connectivity index (χ2n) is 3.76. The molecule has 0 saturated carbocycles. The minimum atomic E-state index is -0.0969. The Morgan fingerprint density at radius 3 is 2.73 bits per heavy atom. The van der Waals surface area contributed by atoms with Crippen molar-refractivity contribution in [2.75, 3.05) is 0 Å². The van der Waals surface area contributed by atoms with Gasteiger partial charge in [-0.15, -0.1) is 0 Å². The first-order chi connectivity index (χ1) is 7.24. The molecular formula is C12H13BrO2. The van der Waals surface area contributed by atoms with E-state index < -0.39 is 0 Å². The highest BCUT2D eigenvalue weighted by atomic mass is 79.9. The molecule has 3 heteroatoms. The number of hydrogen-bond donors (Lipinski definition) is 0. The van der Waals surface area contributed by atoms with Crippen LogP contribution in [-0.2, 0) is 9.53 Å². The zero-order valence-electron chi connectivity index (χ0n) is 8.57. The lowest BCUT2D eigenvalue weighted by Gasteiger charge is -2.35. The Morgan fingerprint density at radius 1 is 1.40 bits per heavy atom. The summed E-state index contributed by atoms with van der Waals surface area (Å²) < 4.78 is 6.14. The average molecular weight is 269 g/mol. The molecule has 1 aromatic rings. The largest absolute Gasteiger partial charge is 0.461 e. The van der Waals surface area contributed by atoms with Crippen molar-refractivity contribution in [3.63, 3.8) is 0 Å². The molecule has 2 nitrogen and oxygen atoms in total. The maximum absolute atomic E-state index is 11.4. The van der Waals surface area contributed by atoms with E-state index in [4.69, 9.17) is 4.74 Å². The molecule has 0 radical (unpaired) electrons. The fourth-order valence-electron chi connectivity index (χ4n) is 1.93. The molecule has 0 aliphatic carbocycles. The number of carbonyl (C=O) groups is 1. The molecule has 0 aromatic heterocycles. The average Bonchev–Trinajstić information content (AvgIpc) is 2.21.